The van der Waals surface area contributed by atoms with Crippen LogP contribution in [0.5, 0.6) is 11.5 Å². The van der Waals surface area contributed by atoms with E-state index < -0.39 is 0 Å². The van der Waals surface area contributed by atoms with E-state index >= 15 is 0 Å². The first kappa shape index (κ1) is 20.0. The molecule has 0 saturated heterocycles. The highest BCUT2D eigenvalue weighted by atomic mass is 32.1. The lowest BCUT2D eigenvalue weighted by molar-refractivity contribution is 0.0675. The van der Waals surface area contributed by atoms with Crippen LogP contribution in [0.3, 0.4) is 0 Å². The topological polar surface area (TPSA) is 38.8 Å². The van der Waals surface area contributed by atoms with Crippen molar-refractivity contribution >= 4 is 17.2 Å². The lowest BCUT2D eigenvalue weighted by Crippen LogP contribution is -2.39. The first-order valence-electron chi connectivity index (χ1n) is 9.21. The standard InChI is InChI=1S/C23H25NO3S/c1-17(14-22-8-5-13-28-22)24(16-18-9-11-20(26-2)12-10-18)23(25)19-6-4-7-21(15-19)27-3/h4-13,15,17H,14,16H2,1-3H3/t17-/m1/s1. The molecular formula is C23H25NO3S. The van der Waals surface area contributed by atoms with Gasteiger partial charge in [-0.25, -0.2) is 0 Å². The summed E-state index contributed by atoms with van der Waals surface area (Å²) in [5, 5.41) is 2.07. The number of rotatable bonds is 8. The number of carbonyl (C=O) groups is 1. The highest BCUT2D eigenvalue weighted by Gasteiger charge is 2.23. The molecule has 4 nitrogen and oxygen atoms in total. The van der Waals surface area contributed by atoms with Crippen LogP contribution in [0.25, 0.3) is 0 Å². The molecule has 0 N–H and O–H groups in total. The van der Waals surface area contributed by atoms with Crippen molar-refractivity contribution in [2.24, 2.45) is 0 Å². The fourth-order valence-electron chi connectivity index (χ4n) is 3.11. The summed E-state index contributed by atoms with van der Waals surface area (Å²) in [7, 11) is 3.26. The second-order valence-corrected chi connectivity index (χ2v) is 7.68. The van der Waals surface area contributed by atoms with E-state index in [0.29, 0.717) is 17.9 Å². The lowest BCUT2D eigenvalue weighted by Gasteiger charge is -2.29. The number of amides is 1. The monoisotopic (exact) mass is 395 g/mol. The zero-order chi connectivity index (χ0) is 19.9. The molecule has 0 aliphatic heterocycles. The lowest BCUT2D eigenvalue weighted by atomic mass is 10.1. The van der Waals surface area contributed by atoms with E-state index in [9.17, 15) is 4.79 Å². The molecule has 0 radical (unpaired) electrons. The zero-order valence-corrected chi connectivity index (χ0v) is 17.2. The Morgan fingerprint density at radius 2 is 1.75 bits per heavy atom. The minimum absolute atomic E-state index is 0.00114. The summed E-state index contributed by atoms with van der Waals surface area (Å²) in [5.41, 5.74) is 1.70. The van der Waals surface area contributed by atoms with Crippen LogP contribution in [0, 0.1) is 0 Å². The van der Waals surface area contributed by atoms with Gasteiger partial charge >= 0.3 is 0 Å². The summed E-state index contributed by atoms with van der Waals surface area (Å²) in [6.45, 7) is 2.63. The molecule has 0 spiro atoms. The summed E-state index contributed by atoms with van der Waals surface area (Å²) in [5.74, 6) is 1.49. The molecule has 2 aromatic carbocycles. The second-order valence-electron chi connectivity index (χ2n) is 6.65. The molecule has 1 heterocycles. The van der Waals surface area contributed by atoms with Crippen molar-refractivity contribution in [2.75, 3.05) is 14.2 Å². The third-order valence-corrected chi connectivity index (χ3v) is 5.60. The Hall–Kier alpha value is -2.79. The SMILES string of the molecule is COc1ccc(CN(C(=O)c2cccc(OC)c2)[C@H](C)Cc2cccs2)cc1. The van der Waals surface area contributed by atoms with E-state index in [1.807, 2.05) is 53.4 Å². The molecule has 146 valence electrons. The van der Waals surface area contributed by atoms with E-state index in [0.717, 1.165) is 17.7 Å². The number of nitrogens with zero attached hydrogens (tertiary/aromatic N) is 1. The van der Waals surface area contributed by atoms with Crippen LogP contribution in [0.2, 0.25) is 0 Å². The molecule has 0 aliphatic rings. The highest BCUT2D eigenvalue weighted by molar-refractivity contribution is 7.09. The fourth-order valence-corrected chi connectivity index (χ4v) is 3.93. The largest absolute Gasteiger partial charge is 0.497 e. The molecule has 0 bridgehead atoms. The molecule has 5 heteroatoms. The van der Waals surface area contributed by atoms with Crippen LogP contribution in [0.15, 0.2) is 66.0 Å². The number of hydrogen-bond acceptors (Lipinski definition) is 4. The fraction of sp³-hybridized carbons (Fsp3) is 0.261. The molecule has 0 fully saturated rings. The van der Waals surface area contributed by atoms with Gasteiger partial charge in [-0.05, 0) is 54.3 Å². The number of thiophene rings is 1. The first-order chi connectivity index (χ1) is 13.6. The van der Waals surface area contributed by atoms with Crippen molar-refractivity contribution in [3.8, 4) is 11.5 Å². The Kier molecular flexibility index (Phi) is 6.71. The molecule has 3 aromatic rings. The Labute approximate surface area is 170 Å². The number of methoxy groups -OCH3 is 2. The van der Waals surface area contributed by atoms with Crippen molar-refractivity contribution in [2.45, 2.75) is 25.9 Å². The van der Waals surface area contributed by atoms with Gasteiger partial charge in [-0.3, -0.25) is 4.79 Å². The van der Waals surface area contributed by atoms with Crippen LogP contribution in [-0.4, -0.2) is 31.1 Å². The van der Waals surface area contributed by atoms with Crippen molar-refractivity contribution < 1.29 is 14.3 Å². The maximum Gasteiger partial charge on any atom is 0.254 e. The maximum absolute atomic E-state index is 13.4. The number of carbonyl (C=O) groups excluding carboxylic acids is 1. The van der Waals surface area contributed by atoms with Gasteiger partial charge in [0.2, 0.25) is 0 Å². The van der Waals surface area contributed by atoms with Crippen molar-refractivity contribution in [1.82, 2.24) is 4.90 Å². The summed E-state index contributed by atoms with van der Waals surface area (Å²) in [4.78, 5) is 16.6. The number of hydrogen-bond donors (Lipinski definition) is 0. The normalized spacial score (nSPS) is 11.7. The van der Waals surface area contributed by atoms with Gasteiger partial charge in [0.05, 0.1) is 14.2 Å². The second kappa shape index (κ2) is 9.42. The number of benzene rings is 2. The van der Waals surface area contributed by atoms with Gasteiger partial charge in [0.25, 0.3) is 5.91 Å². The maximum atomic E-state index is 13.4. The third kappa shape index (κ3) is 4.93. The summed E-state index contributed by atoms with van der Waals surface area (Å²) in [6.07, 6.45) is 0.823. The van der Waals surface area contributed by atoms with Gasteiger partial charge in [-0.1, -0.05) is 24.3 Å². The Morgan fingerprint density at radius 1 is 1.00 bits per heavy atom. The van der Waals surface area contributed by atoms with Crippen LogP contribution < -0.4 is 9.47 Å². The molecule has 0 aliphatic carbocycles. The first-order valence-corrected chi connectivity index (χ1v) is 10.1. The highest BCUT2D eigenvalue weighted by Crippen LogP contribution is 2.22. The zero-order valence-electron chi connectivity index (χ0n) is 16.4. The van der Waals surface area contributed by atoms with Crippen molar-refractivity contribution in [3.63, 3.8) is 0 Å². The summed E-state index contributed by atoms with van der Waals surface area (Å²) < 4.78 is 10.5. The Balaban J connectivity index is 1.86. The molecule has 3 rings (SSSR count). The van der Waals surface area contributed by atoms with Gasteiger partial charge in [-0.15, -0.1) is 11.3 Å². The van der Waals surface area contributed by atoms with Crippen molar-refractivity contribution in [1.29, 1.82) is 0 Å². The molecule has 0 saturated carbocycles. The van der Waals surface area contributed by atoms with E-state index in [4.69, 9.17) is 9.47 Å². The molecule has 1 amide bonds. The number of ether oxygens (including phenoxy) is 2. The van der Waals surface area contributed by atoms with Crippen LogP contribution in [0.1, 0.15) is 27.7 Å². The predicted octanol–water partition coefficient (Wildman–Crippen LogP) is 5.04. The van der Waals surface area contributed by atoms with E-state index in [2.05, 4.69) is 18.4 Å². The van der Waals surface area contributed by atoms with Gasteiger partial charge in [-0.2, -0.15) is 0 Å². The average Bonchev–Trinajstić information content (AvgIpc) is 3.25. The quantitative estimate of drug-likeness (QED) is 0.536. The van der Waals surface area contributed by atoms with Gasteiger partial charge in [0.15, 0.2) is 0 Å². The summed E-state index contributed by atoms with van der Waals surface area (Å²) >= 11 is 1.72. The molecule has 1 atom stereocenters. The molecule has 0 unspecified atom stereocenters. The average molecular weight is 396 g/mol. The van der Waals surface area contributed by atoms with Gasteiger partial charge in [0, 0.05) is 29.4 Å². The van der Waals surface area contributed by atoms with Crippen LogP contribution in [0.4, 0.5) is 0 Å². The Morgan fingerprint density at radius 3 is 2.39 bits per heavy atom. The Bertz CT molecular complexity index is 890. The minimum atomic E-state index is -0.00114. The van der Waals surface area contributed by atoms with E-state index in [1.165, 1.54) is 4.88 Å². The van der Waals surface area contributed by atoms with Gasteiger partial charge in [0.1, 0.15) is 11.5 Å². The summed E-state index contributed by atoms with van der Waals surface area (Å²) in [6, 6.07) is 19.4. The predicted molar refractivity (Wildman–Crippen MR) is 113 cm³/mol. The van der Waals surface area contributed by atoms with Crippen LogP contribution in [-0.2, 0) is 13.0 Å². The molecule has 28 heavy (non-hydrogen) atoms. The van der Waals surface area contributed by atoms with Crippen LogP contribution >= 0.6 is 11.3 Å². The minimum Gasteiger partial charge on any atom is -0.497 e. The van der Waals surface area contributed by atoms with Crippen molar-refractivity contribution in [3.05, 3.63) is 82.0 Å². The van der Waals surface area contributed by atoms with E-state index in [-0.39, 0.29) is 11.9 Å². The van der Waals surface area contributed by atoms with Gasteiger partial charge < -0.3 is 14.4 Å². The molecular weight excluding hydrogens is 370 g/mol. The van der Waals surface area contributed by atoms with E-state index in [1.54, 1.807) is 31.6 Å². The smallest absolute Gasteiger partial charge is 0.254 e. The third-order valence-electron chi connectivity index (χ3n) is 4.70. The molecule has 1 aromatic heterocycles.